The zero-order chi connectivity index (χ0) is 13.7. The highest BCUT2D eigenvalue weighted by Crippen LogP contribution is 2.18. The van der Waals surface area contributed by atoms with Crippen molar-refractivity contribution in [2.75, 3.05) is 7.05 Å². The first kappa shape index (κ1) is 14.3. The van der Waals surface area contributed by atoms with Gasteiger partial charge in [0.1, 0.15) is 11.6 Å². The van der Waals surface area contributed by atoms with Gasteiger partial charge in [-0.25, -0.2) is 4.39 Å². The topological polar surface area (TPSA) is 25.2 Å². The van der Waals surface area contributed by atoms with Crippen molar-refractivity contribution >= 4 is 15.9 Å². The summed E-state index contributed by atoms with van der Waals surface area (Å²) in [5.74, 6) is 0.809. The lowest BCUT2D eigenvalue weighted by molar-refractivity contribution is 0.456. The Morgan fingerprint density at radius 1 is 1.37 bits per heavy atom. The van der Waals surface area contributed by atoms with E-state index in [9.17, 15) is 4.39 Å². The Labute approximate surface area is 121 Å². The highest BCUT2D eigenvalue weighted by atomic mass is 79.9. The molecule has 0 radical (unpaired) electrons. The first-order chi connectivity index (χ1) is 9.19. The molecule has 0 aliphatic heterocycles. The summed E-state index contributed by atoms with van der Waals surface area (Å²) < 4.78 is 19.9. The molecule has 0 aliphatic rings. The molecular weight excluding hydrogens is 309 g/mol. The number of hydrogen-bond acceptors (Lipinski definition) is 2. The van der Waals surface area contributed by atoms with Crippen LogP contribution in [0.15, 0.2) is 45.5 Å². The van der Waals surface area contributed by atoms with Gasteiger partial charge >= 0.3 is 0 Å². The maximum Gasteiger partial charge on any atom is 0.127 e. The lowest BCUT2D eigenvalue weighted by Gasteiger charge is -2.16. The highest BCUT2D eigenvalue weighted by molar-refractivity contribution is 9.10. The molecule has 1 aromatic carbocycles. The summed E-state index contributed by atoms with van der Waals surface area (Å²) in [5, 5.41) is 3.23. The Bertz CT molecular complexity index is 513. The summed E-state index contributed by atoms with van der Waals surface area (Å²) in [7, 11) is 1.91. The van der Waals surface area contributed by atoms with Gasteiger partial charge in [0.15, 0.2) is 0 Å². The normalized spacial score (nSPS) is 12.6. The van der Waals surface area contributed by atoms with Crippen molar-refractivity contribution < 1.29 is 8.81 Å². The molecular formula is C15H17BrFNO. The van der Waals surface area contributed by atoms with Gasteiger partial charge in [-0.1, -0.05) is 22.0 Å². The summed E-state index contributed by atoms with van der Waals surface area (Å²) in [6, 6.07) is 9.30. The summed E-state index contributed by atoms with van der Waals surface area (Å²) in [6.07, 6.45) is 4.13. The molecule has 2 aromatic rings. The summed E-state index contributed by atoms with van der Waals surface area (Å²) in [6.45, 7) is 0. The van der Waals surface area contributed by atoms with Gasteiger partial charge in [0.2, 0.25) is 0 Å². The van der Waals surface area contributed by atoms with Gasteiger partial charge in [-0.3, -0.25) is 0 Å². The van der Waals surface area contributed by atoms with Crippen LogP contribution in [0.2, 0.25) is 0 Å². The van der Waals surface area contributed by atoms with E-state index in [0.29, 0.717) is 6.42 Å². The van der Waals surface area contributed by atoms with Crippen LogP contribution < -0.4 is 5.32 Å². The maximum absolute atomic E-state index is 13.8. The van der Waals surface area contributed by atoms with Crippen molar-refractivity contribution in [3.63, 3.8) is 0 Å². The van der Waals surface area contributed by atoms with Crippen LogP contribution in [0.5, 0.6) is 0 Å². The first-order valence-corrected chi connectivity index (χ1v) is 7.12. The number of rotatable bonds is 6. The molecule has 2 rings (SSSR count). The molecule has 0 fully saturated rings. The monoisotopic (exact) mass is 325 g/mol. The Balaban J connectivity index is 1.94. The molecule has 0 saturated carbocycles. The second kappa shape index (κ2) is 6.87. The summed E-state index contributed by atoms with van der Waals surface area (Å²) in [5.41, 5.74) is 0.738. The van der Waals surface area contributed by atoms with E-state index in [4.69, 9.17) is 4.42 Å². The molecule has 0 spiro atoms. The summed E-state index contributed by atoms with van der Waals surface area (Å²) in [4.78, 5) is 0. The fourth-order valence-electron chi connectivity index (χ4n) is 2.07. The van der Waals surface area contributed by atoms with E-state index in [-0.39, 0.29) is 11.9 Å². The SMILES string of the molecule is CNC(CCc1ccco1)Cc1ccc(Br)cc1F. The van der Waals surface area contributed by atoms with Gasteiger partial charge in [0, 0.05) is 16.9 Å². The third-order valence-electron chi connectivity index (χ3n) is 3.21. The Hall–Kier alpha value is -1.13. The van der Waals surface area contributed by atoms with Crippen molar-refractivity contribution in [2.24, 2.45) is 0 Å². The predicted octanol–water partition coefficient (Wildman–Crippen LogP) is 3.94. The van der Waals surface area contributed by atoms with Gasteiger partial charge in [-0.2, -0.15) is 0 Å². The molecule has 4 heteroatoms. The van der Waals surface area contributed by atoms with E-state index >= 15 is 0 Å². The lowest BCUT2D eigenvalue weighted by Crippen LogP contribution is -2.28. The molecule has 1 heterocycles. The van der Waals surface area contributed by atoms with Crippen molar-refractivity contribution in [1.82, 2.24) is 5.32 Å². The van der Waals surface area contributed by atoms with Crippen molar-refractivity contribution in [3.8, 4) is 0 Å². The van der Waals surface area contributed by atoms with E-state index < -0.39 is 0 Å². The molecule has 0 amide bonds. The van der Waals surface area contributed by atoms with Crippen LogP contribution in [-0.2, 0) is 12.8 Å². The molecule has 102 valence electrons. The average molecular weight is 326 g/mol. The van der Waals surface area contributed by atoms with Crippen LogP contribution in [0, 0.1) is 5.82 Å². The van der Waals surface area contributed by atoms with Gasteiger partial charge < -0.3 is 9.73 Å². The van der Waals surface area contributed by atoms with Gasteiger partial charge in [0.25, 0.3) is 0 Å². The van der Waals surface area contributed by atoms with Gasteiger partial charge in [-0.05, 0) is 49.7 Å². The van der Waals surface area contributed by atoms with E-state index in [1.165, 1.54) is 6.07 Å². The second-order valence-electron chi connectivity index (χ2n) is 4.54. The molecule has 1 aromatic heterocycles. The lowest BCUT2D eigenvalue weighted by atomic mass is 10.0. The zero-order valence-electron chi connectivity index (χ0n) is 10.8. The molecule has 2 nitrogen and oxygen atoms in total. The maximum atomic E-state index is 13.8. The number of likely N-dealkylation sites (N-methyl/N-ethyl adjacent to an activating group) is 1. The Morgan fingerprint density at radius 3 is 2.84 bits per heavy atom. The third kappa shape index (κ3) is 4.18. The van der Waals surface area contributed by atoms with Crippen LogP contribution in [0.3, 0.4) is 0 Å². The average Bonchev–Trinajstić information content (AvgIpc) is 2.90. The van der Waals surface area contributed by atoms with Gasteiger partial charge in [0.05, 0.1) is 6.26 Å². The van der Waals surface area contributed by atoms with Crippen molar-refractivity contribution in [1.29, 1.82) is 0 Å². The minimum Gasteiger partial charge on any atom is -0.469 e. The molecule has 1 unspecified atom stereocenters. The zero-order valence-corrected chi connectivity index (χ0v) is 12.4. The molecule has 0 bridgehead atoms. The van der Waals surface area contributed by atoms with Gasteiger partial charge in [-0.15, -0.1) is 0 Å². The fourth-order valence-corrected chi connectivity index (χ4v) is 2.41. The quantitative estimate of drug-likeness (QED) is 0.870. The van der Waals surface area contributed by atoms with Crippen molar-refractivity contribution in [3.05, 3.63) is 58.2 Å². The molecule has 0 aliphatic carbocycles. The van der Waals surface area contributed by atoms with Crippen LogP contribution in [0.4, 0.5) is 4.39 Å². The number of aryl methyl sites for hydroxylation is 1. The van der Waals surface area contributed by atoms with Crippen LogP contribution >= 0.6 is 15.9 Å². The number of nitrogens with one attached hydrogen (secondary N) is 1. The smallest absolute Gasteiger partial charge is 0.127 e. The number of hydrogen-bond donors (Lipinski definition) is 1. The highest BCUT2D eigenvalue weighted by Gasteiger charge is 2.11. The van der Waals surface area contributed by atoms with Crippen LogP contribution in [-0.4, -0.2) is 13.1 Å². The second-order valence-corrected chi connectivity index (χ2v) is 5.46. The third-order valence-corrected chi connectivity index (χ3v) is 3.70. The molecule has 1 N–H and O–H groups in total. The fraction of sp³-hybridized carbons (Fsp3) is 0.333. The molecule has 0 saturated heterocycles. The van der Waals surface area contributed by atoms with Crippen molar-refractivity contribution in [2.45, 2.75) is 25.3 Å². The van der Waals surface area contributed by atoms with E-state index in [0.717, 1.165) is 28.6 Å². The van der Waals surface area contributed by atoms with E-state index in [2.05, 4.69) is 21.2 Å². The van der Waals surface area contributed by atoms with Crippen LogP contribution in [0.25, 0.3) is 0 Å². The number of halogens is 2. The number of benzene rings is 1. The van der Waals surface area contributed by atoms with Crippen LogP contribution in [0.1, 0.15) is 17.7 Å². The summed E-state index contributed by atoms with van der Waals surface area (Å²) >= 11 is 3.27. The minimum absolute atomic E-state index is 0.160. The number of furan rings is 1. The Kier molecular flexibility index (Phi) is 5.16. The minimum atomic E-state index is -0.160. The largest absolute Gasteiger partial charge is 0.469 e. The molecule has 1 atom stereocenters. The van der Waals surface area contributed by atoms with E-state index in [1.54, 1.807) is 6.26 Å². The predicted molar refractivity (Wildman–Crippen MR) is 77.7 cm³/mol. The standard InChI is InChI=1S/C15H17BrFNO/c1-18-13(6-7-14-3-2-8-19-14)9-11-4-5-12(16)10-15(11)17/h2-5,8,10,13,18H,6-7,9H2,1H3. The Morgan fingerprint density at radius 2 is 2.21 bits per heavy atom. The first-order valence-electron chi connectivity index (χ1n) is 6.32. The van der Waals surface area contributed by atoms with E-state index in [1.807, 2.05) is 31.3 Å². The molecule has 19 heavy (non-hydrogen) atoms.